The fourth-order valence-corrected chi connectivity index (χ4v) is 2.40. The average Bonchev–Trinajstić information content (AvgIpc) is 2.46. The lowest BCUT2D eigenvalue weighted by molar-refractivity contribution is -0.729. The molecule has 0 aliphatic heterocycles. The van der Waals surface area contributed by atoms with Crippen molar-refractivity contribution in [3.05, 3.63) is 69.1 Å². The number of hydrogen-bond acceptors (Lipinski definition) is 4. The van der Waals surface area contributed by atoms with E-state index >= 15 is 0 Å². The number of hydrogen-bond donors (Lipinski definition) is 1. The Labute approximate surface area is 132 Å². The number of nitrogens with zero attached hydrogens (tertiary/aromatic N) is 1. The van der Waals surface area contributed by atoms with Crippen LogP contribution >= 0.6 is 0 Å². The Morgan fingerprint density at radius 1 is 0.870 bits per heavy atom. The first-order valence-corrected chi connectivity index (χ1v) is 6.91. The summed E-state index contributed by atoms with van der Waals surface area (Å²) in [7, 11) is 0. The molecular weight excluding hydrogens is 298 g/mol. The van der Waals surface area contributed by atoms with Gasteiger partial charge in [0.1, 0.15) is 5.56 Å². The van der Waals surface area contributed by atoms with Gasteiger partial charge in [0.15, 0.2) is 0 Å². The molecule has 118 valence electrons. The number of aryl methyl sites for hydroxylation is 3. The van der Waals surface area contributed by atoms with Gasteiger partial charge in [0.2, 0.25) is 0 Å². The Morgan fingerprint density at radius 3 is 1.83 bits per heavy atom. The Kier molecular flexibility index (Phi) is 4.55. The molecule has 0 bridgehead atoms. The third-order valence-corrected chi connectivity index (χ3v) is 3.53. The molecule has 0 radical (unpaired) electrons. The van der Waals surface area contributed by atoms with Gasteiger partial charge in [-0.2, -0.15) is 0 Å². The summed E-state index contributed by atoms with van der Waals surface area (Å²) >= 11 is 0. The van der Waals surface area contributed by atoms with Gasteiger partial charge in [0.05, 0.1) is 10.5 Å². The monoisotopic (exact) mass is 314 g/mol. The fourth-order valence-electron chi connectivity index (χ4n) is 2.40. The van der Waals surface area contributed by atoms with Crippen LogP contribution < -0.4 is 0 Å². The second-order valence-corrected chi connectivity index (χ2v) is 5.19. The molecule has 0 aromatic heterocycles. The molecule has 2 rings (SSSR count). The average molecular weight is 314 g/mol. The highest BCUT2D eigenvalue weighted by Gasteiger charge is 2.29. The molecule has 0 spiro atoms. The van der Waals surface area contributed by atoms with Crippen LogP contribution in [-0.4, -0.2) is 22.1 Å². The highest BCUT2D eigenvalue weighted by Crippen LogP contribution is 2.23. The lowest BCUT2D eigenvalue weighted by Crippen LogP contribution is -2.17. The van der Waals surface area contributed by atoms with E-state index in [-0.39, 0.29) is 11.3 Å². The molecule has 23 heavy (non-hydrogen) atoms. The Bertz CT molecular complexity index is 790. The molecule has 0 amide bonds. The van der Waals surface area contributed by atoms with Crippen LogP contribution in [0.2, 0.25) is 0 Å². The standard InChI is InChI=1S/C17H16NO5/c1-10-6-4-7-11(2)14(10)16(19)23-17(20)15-12(3)8-5-9-13(15)18(21)22/h4-9H,1-3H3,(H,21,22)/q+1. The summed E-state index contributed by atoms with van der Waals surface area (Å²) in [6.45, 7) is 5.05. The molecule has 1 N–H and O–H groups in total. The van der Waals surface area contributed by atoms with Gasteiger partial charge in [0.25, 0.3) is 4.92 Å². The molecule has 2 aromatic carbocycles. The van der Waals surface area contributed by atoms with Gasteiger partial charge >= 0.3 is 17.6 Å². The lowest BCUT2D eigenvalue weighted by Gasteiger charge is -2.09. The minimum Gasteiger partial charge on any atom is -0.385 e. The second kappa shape index (κ2) is 6.39. The molecule has 0 heterocycles. The third-order valence-electron chi connectivity index (χ3n) is 3.53. The Morgan fingerprint density at radius 2 is 1.30 bits per heavy atom. The zero-order valence-electron chi connectivity index (χ0n) is 13.0. The number of benzene rings is 2. The number of carbonyl (C=O) groups excluding carboxylic acids is 2. The number of esters is 2. The van der Waals surface area contributed by atoms with Gasteiger partial charge in [0, 0.05) is 6.07 Å². The van der Waals surface area contributed by atoms with Gasteiger partial charge in [-0.3, -0.25) is 0 Å². The Balaban J connectivity index is 2.37. The quantitative estimate of drug-likeness (QED) is 0.533. The minimum absolute atomic E-state index is 0.149. The van der Waals surface area contributed by atoms with E-state index in [4.69, 9.17) is 9.94 Å². The molecule has 0 atom stereocenters. The Hall–Kier alpha value is -3.02. The molecule has 0 aliphatic rings. The predicted molar refractivity (Wildman–Crippen MR) is 81.9 cm³/mol. The summed E-state index contributed by atoms with van der Waals surface area (Å²) in [6, 6.07) is 9.62. The van der Waals surface area contributed by atoms with Crippen LogP contribution in [0.15, 0.2) is 36.4 Å². The number of carbonyl (C=O) groups is 2. The van der Waals surface area contributed by atoms with Crippen LogP contribution in [0.25, 0.3) is 0 Å². The largest absolute Gasteiger partial charge is 0.385 e. The van der Waals surface area contributed by atoms with Crippen molar-refractivity contribution in [2.24, 2.45) is 0 Å². The summed E-state index contributed by atoms with van der Waals surface area (Å²) < 4.78 is 4.90. The van der Waals surface area contributed by atoms with Crippen LogP contribution in [0.3, 0.4) is 0 Å². The van der Waals surface area contributed by atoms with E-state index in [0.717, 1.165) is 0 Å². The summed E-state index contributed by atoms with van der Waals surface area (Å²) in [5.41, 5.74) is 1.66. The van der Waals surface area contributed by atoms with Crippen LogP contribution in [0, 0.1) is 25.7 Å². The first kappa shape index (κ1) is 16.4. The minimum atomic E-state index is -0.986. The number of ether oxygens (including phenoxy) is 1. The maximum atomic E-state index is 12.3. The molecule has 0 aliphatic carbocycles. The van der Waals surface area contributed by atoms with E-state index in [9.17, 15) is 14.5 Å². The van der Waals surface area contributed by atoms with Crippen molar-refractivity contribution in [3.63, 3.8) is 0 Å². The maximum Gasteiger partial charge on any atom is 0.353 e. The SMILES string of the molecule is Cc1cccc(C)c1C(=O)OC(=O)c1c(C)cccc1[N+](=O)O. The van der Waals surface area contributed by atoms with Crippen molar-refractivity contribution in [1.82, 2.24) is 0 Å². The van der Waals surface area contributed by atoms with Crippen molar-refractivity contribution in [2.45, 2.75) is 20.8 Å². The van der Waals surface area contributed by atoms with E-state index in [0.29, 0.717) is 22.3 Å². The molecule has 0 fully saturated rings. The van der Waals surface area contributed by atoms with Crippen LogP contribution in [0.4, 0.5) is 5.69 Å². The van der Waals surface area contributed by atoms with Gasteiger partial charge in [-0.1, -0.05) is 30.3 Å². The summed E-state index contributed by atoms with van der Waals surface area (Å²) in [6.07, 6.45) is 0. The molecule has 2 aromatic rings. The van der Waals surface area contributed by atoms with E-state index < -0.39 is 16.9 Å². The topological polar surface area (TPSA) is 83.7 Å². The normalized spacial score (nSPS) is 10.2. The van der Waals surface area contributed by atoms with E-state index in [1.165, 1.54) is 12.1 Å². The van der Waals surface area contributed by atoms with E-state index in [2.05, 4.69) is 0 Å². The van der Waals surface area contributed by atoms with Gasteiger partial charge in [-0.05, 0) is 37.5 Å². The first-order chi connectivity index (χ1) is 10.8. The van der Waals surface area contributed by atoms with Crippen LogP contribution in [-0.2, 0) is 4.74 Å². The van der Waals surface area contributed by atoms with E-state index in [1.54, 1.807) is 45.0 Å². The zero-order valence-corrected chi connectivity index (χ0v) is 13.0. The highest BCUT2D eigenvalue weighted by molar-refractivity contribution is 6.06. The molecule has 0 unspecified atom stereocenters. The van der Waals surface area contributed by atoms with Crippen molar-refractivity contribution in [1.29, 1.82) is 0 Å². The molecule has 0 saturated heterocycles. The van der Waals surface area contributed by atoms with Crippen LogP contribution in [0.1, 0.15) is 37.4 Å². The van der Waals surface area contributed by atoms with Crippen molar-refractivity contribution in [2.75, 3.05) is 0 Å². The molecular formula is C17H16NO5+. The summed E-state index contributed by atoms with van der Waals surface area (Å²) in [5, 5.41) is 9.10. The molecule has 6 heteroatoms. The zero-order chi connectivity index (χ0) is 17.1. The maximum absolute atomic E-state index is 12.3. The smallest absolute Gasteiger partial charge is 0.353 e. The second-order valence-electron chi connectivity index (χ2n) is 5.19. The van der Waals surface area contributed by atoms with Gasteiger partial charge < -0.3 is 4.74 Å². The summed E-state index contributed by atoms with van der Waals surface area (Å²) in [5.74, 6) is -1.78. The molecule has 0 saturated carbocycles. The van der Waals surface area contributed by atoms with Gasteiger partial charge in [-0.25, -0.2) is 14.8 Å². The predicted octanol–water partition coefficient (Wildman–Crippen LogP) is 3.41. The van der Waals surface area contributed by atoms with Crippen LogP contribution in [0.5, 0.6) is 0 Å². The van der Waals surface area contributed by atoms with Crippen molar-refractivity contribution < 1.29 is 24.5 Å². The fraction of sp³-hybridized carbons (Fsp3) is 0.176. The third kappa shape index (κ3) is 3.26. The summed E-state index contributed by atoms with van der Waals surface area (Å²) in [4.78, 5) is 35.3. The molecule has 6 nitrogen and oxygen atoms in total. The lowest BCUT2D eigenvalue weighted by atomic mass is 10.0. The van der Waals surface area contributed by atoms with E-state index in [1.807, 2.05) is 0 Å². The first-order valence-electron chi connectivity index (χ1n) is 6.91. The van der Waals surface area contributed by atoms with Crippen molar-refractivity contribution in [3.8, 4) is 0 Å². The number of rotatable bonds is 3. The van der Waals surface area contributed by atoms with Gasteiger partial charge in [-0.15, -0.1) is 0 Å². The highest BCUT2D eigenvalue weighted by atomic mass is 16.6. The van der Waals surface area contributed by atoms with Crippen molar-refractivity contribution >= 4 is 17.6 Å².